The number of halogens is 2. The molecule has 0 bridgehead atoms. The number of methoxy groups -OCH3 is 1. The Balaban J connectivity index is 1.60. The number of aromatic hydroxyl groups is 1. The minimum Gasteiger partial charge on any atom is -0.507 e. The fourth-order valence-electron chi connectivity index (χ4n) is 4.08. The fourth-order valence-corrected chi connectivity index (χ4v) is 4.27. The lowest BCUT2D eigenvalue weighted by atomic mass is 10.00. The number of phenols is 1. The Morgan fingerprint density at radius 1 is 0.897 bits per heavy atom. The fraction of sp³-hybridized carbons (Fsp3) is 0.387. The van der Waals surface area contributed by atoms with E-state index in [1.807, 2.05) is 31.2 Å². The van der Waals surface area contributed by atoms with Gasteiger partial charge in [-0.2, -0.15) is 0 Å². The van der Waals surface area contributed by atoms with Gasteiger partial charge in [0, 0.05) is 35.9 Å². The molecule has 0 aliphatic rings. The minimum absolute atomic E-state index is 0.0724. The molecule has 0 saturated carbocycles. The topological polar surface area (TPSA) is 74.2 Å². The Hall–Kier alpha value is -3.45. The lowest BCUT2D eigenvalue weighted by Gasteiger charge is -2.17. The molecule has 0 aromatic heterocycles. The lowest BCUT2D eigenvalue weighted by Crippen LogP contribution is -2.09. The highest BCUT2D eigenvalue weighted by atomic mass is 35.5. The first-order chi connectivity index (χ1) is 19.0. The number of rotatable bonds is 16. The van der Waals surface area contributed by atoms with Gasteiger partial charge in [0.25, 0.3) is 0 Å². The van der Waals surface area contributed by atoms with Crippen molar-refractivity contribution in [1.82, 2.24) is 0 Å². The third-order valence-electron chi connectivity index (χ3n) is 6.20. The van der Waals surface area contributed by atoms with Gasteiger partial charge in [-0.1, -0.05) is 25.1 Å². The third kappa shape index (κ3) is 9.06. The maximum atomic E-state index is 13.3. The quantitative estimate of drug-likeness (QED) is 0.115. The SMILES string of the molecule is CCc1cc(-c2ccc(F)cc2)c(O)cc1OCCCOc1cccc(OCCCCCl)c1CCC(=O)OC. The third-order valence-corrected chi connectivity index (χ3v) is 6.47. The highest BCUT2D eigenvalue weighted by Crippen LogP contribution is 2.36. The monoisotopic (exact) mass is 558 g/mol. The van der Waals surface area contributed by atoms with Crippen LogP contribution in [0.5, 0.6) is 23.0 Å². The zero-order valence-electron chi connectivity index (χ0n) is 22.5. The molecule has 3 rings (SSSR count). The highest BCUT2D eigenvalue weighted by Gasteiger charge is 2.15. The second kappa shape index (κ2) is 15.8. The molecular weight excluding hydrogens is 523 g/mol. The van der Waals surface area contributed by atoms with Crippen LogP contribution < -0.4 is 14.2 Å². The first-order valence-corrected chi connectivity index (χ1v) is 13.7. The number of ether oxygens (including phenoxy) is 4. The van der Waals surface area contributed by atoms with Gasteiger partial charge in [0.15, 0.2) is 0 Å². The number of hydrogen-bond donors (Lipinski definition) is 1. The van der Waals surface area contributed by atoms with Crippen molar-refractivity contribution in [1.29, 1.82) is 0 Å². The van der Waals surface area contributed by atoms with Crippen molar-refractivity contribution in [3.8, 4) is 34.1 Å². The first-order valence-electron chi connectivity index (χ1n) is 13.2. The van der Waals surface area contributed by atoms with E-state index >= 15 is 0 Å². The summed E-state index contributed by atoms with van der Waals surface area (Å²) in [6.45, 7) is 3.32. The molecule has 0 aliphatic carbocycles. The smallest absolute Gasteiger partial charge is 0.305 e. The Morgan fingerprint density at radius 3 is 2.15 bits per heavy atom. The second-order valence-corrected chi connectivity index (χ2v) is 9.32. The number of hydrogen-bond acceptors (Lipinski definition) is 6. The van der Waals surface area contributed by atoms with Crippen LogP contribution in [0.2, 0.25) is 0 Å². The summed E-state index contributed by atoms with van der Waals surface area (Å²) in [6.07, 6.45) is 3.66. The molecule has 0 atom stereocenters. The van der Waals surface area contributed by atoms with Gasteiger partial charge in [-0.3, -0.25) is 4.79 Å². The number of carbonyl (C=O) groups is 1. The van der Waals surface area contributed by atoms with Crippen LogP contribution in [0.3, 0.4) is 0 Å². The van der Waals surface area contributed by atoms with Crippen molar-refractivity contribution in [2.45, 2.75) is 45.4 Å². The first kappa shape index (κ1) is 30.1. The maximum Gasteiger partial charge on any atom is 0.305 e. The minimum atomic E-state index is -0.326. The summed E-state index contributed by atoms with van der Waals surface area (Å²) >= 11 is 5.76. The molecule has 3 aromatic rings. The summed E-state index contributed by atoms with van der Waals surface area (Å²) in [6, 6.07) is 15.1. The summed E-state index contributed by atoms with van der Waals surface area (Å²) < 4.78 is 36.1. The molecule has 210 valence electrons. The van der Waals surface area contributed by atoms with Crippen molar-refractivity contribution in [3.63, 3.8) is 0 Å². The number of carbonyl (C=O) groups excluding carboxylic acids is 1. The molecule has 0 unspecified atom stereocenters. The van der Waals surface area contributed by atoms with E-state index in [1.54, 1.807) is 18.2 Å². The number of esters is 1. The van der Waals surface area contributed by atoms with Gasteiger partial charge in [-0.15, -0.1) is 11.6 Å². The Bertz CT molecular complexity index is 1200. The molecule has 0 radical (unpaired) electrons. The molecule has 6 nitrogen and oxygen atoms in total. The number of aryl methyl sites for hydroxylation is 1. The average Bonchev–Trinajstić information content (AvgIpc) is 2.95. The van der Waals surface area contributed by atoms with Crippen LogP contribution in [-0.2, 0) is 22.4 Å². The van der Waals surface area contributed by atoms with Crippen LogP contribution >= 0.6 is 11.6 Å². The molecule has 0 aliphatic heterocycles. The van der Waals surface area contributed by atoms with E-state index in [0.717, 1.165) is 29.5 Å². The van der Waals surface area contributed by atoms with Crippen LogP contribution in [0, 0.1) is 5.82 Å². The van der Waals surface area contributed by atoms with E-state index in [1.165, 1.54) is 19.2 Å². The average molecular weight is 559 g/mol. The number of unbranched alkanes of at least 4 members (excludes halogenated alkanes) is 1. The molecule has 0 heterocycles. The largest absolute Gasteiger partial charge is 0.507 e. The summed E-state index contributed by atoms with van der Waals surface area (Å²) in [4.78, 5) is 11.8. The van der Waals surface area contributed by atoms with Crippen LogP contribution in [0.25, 0.3) is 11.1 Å². The van der Waals surface area contributed by atoms with Gasteiger partial charge in [0.1, 0.15) is 28.8 Å². The molecule has 0 amide bonds. The van der Waals surface area contributed by atoms with Gasteiger partial charge in [-0.25, -0.2) is 4.39 Å². The summed E-state index contributed by atoms with van der Waals surface area (Å²) in [5.74, 6) is 1.98. The van der Waals surface area contributed by atoms with E-state index < -0.39 is 0 Å². The normalized spacial score (nSPS) is 10.8. The van der Waals surface area contributed by atoms with Crippen LogP contribution in [0.15, 0.2) is 54.6 Å². The van der Waals surface area contributed by atoms with E-state index in [-0.39, 0.29) is 24.0 Å². The standard InChI is InChI=1S/C31H36ClFO6/c1-3-22-20-26(23-10-12-24(33)13-11-23)27(34)21-30(22)39-19-7-18-38-29-9-6-8-28(37-17-5-4-16-32)25(29)14-15-31(35)36-2/h6,8-13,20-21,34H,3-5,7,14-19H2,1-2H3. The number of phenolic OH excluding ortho intramolecular Hbond substituents is 1. The van der Waals surface area contributed by atoms with E-state index in [9.17, 15) is 14.3 Å². The zero-order chi connectivity index (χ0) is 28.0. The molecule has 0 spiro atoms. The van der Waals surface area contributed by atoms with Crippen molar-refractivity contribution < 1.29 is 33.2 Å². The van der Waals surface area contributed by atoms with Crippen molar-refractivity contribution in [2.24, 2.45) is 0 Å². The van der Waals surface area contributed by atoms with E-state index in [2.05, 4.69) is 0 Å². The summed E-state index contributed by atoms with van der Waals surface area (Å²) in [7, 11) is 1.37. The zero-order valence-corrected chi connectivity index (χ0v) is 23.3. The molecule has 39 heavy (non-hydrogen) atoms. The van der Waals surface area contributed by atoms with Gasteiger partial charge >= 0.3 is 5.97 Å². The maximum absolute atomic E-state index is 13.3. The summed E-state index contributed by atoms with van der Waals surface area (Å²) in [5, 5.41) is 10.6. The van der Waals surface area contributed by atoms with Gasteiger partial charge < -0.3 is 24.1 Å². The molecule has 0 saturated heterocycles. The Kier molecular flexibility index (Phi) is 12.2. The van der Waals surface area contributed by atoms with E-state index in [4.69, 9.17) is 30.5 Å². The van der Waals surface area contributed by atoms with Crippen LogP contribution in [0.4, 0.5) is 4.39 Å². The highest BCUT2D eigenvalue weighted by molar-refractivity contribution is 6.17. The van der Waals surface area contributed by atoms with Crippen molar-refractivity contribution >= 4 is 17.6 Å². The van der Waals surface area contributed by atoms with E-state index in [0.29, 0.717) is 67.8 Å². The Labute approximate surface area is 234 Å². The summed E-state index contributed by atoms with van der Waals surface area (Å²) in [5.41, 5.74) is 3.13. The molecule has 8 heteroatoms. The molecule has 1 N–H and O–H groups in total. The van der Waals surface area contributed by atoms with Gasteiger partial charge in [0.05, 0.1) is 26.9 Å². The van der Waals surface area contributed by atoms with Gasteiger partial charge in [-0.05, 0) is 67.1 Å². The predicted octanol–water partition coefficient (Wildman–Crippen LogP) is 7.11. The molecular formula is C31H36ClFO6. The van der Waals surface area contributed by atoms with Crippen molar-refractivity contribution in [3.05, 3.63) is 71.5 Å². The van der Waals surface area contributed by atoms with Crippen molar-refractivity contribution in [2.75, 3.05) is 32.8 Å². The predicted molar refractivity (Wildman–Crippen MR) is 151 cm³/mol. The lowest BCUT2D eigenvalue weighted by molar-refractivity contribution is -0.140. The second-order valence-electron chi connectivity index (χ2n) is 8.94. The van der Waals surface area contributed by atoms with Crippen LogP contribution in [0.1, 0.15) is 43.7 Å². The van der Waals surface area contributed by atoms with Gasteiger partial charge in [0.2, 0.25) is 0 Å². The molecule has 0 fully saturated rings. The Morgan fingerprint density at radius 2 is 1.54 bits per heavy atom. The number of benzene rings is 3. The van der Waals surface area contributed by atoms with Crippen LogP contribution in [-0.4, -0.2) is 43.9 Å². The molecule has 3 aromatic carbocycles. The number of alkyl halides is 1.